The lowest BCUT2D eigenvalue weighted by atomic mass is 9.73. The monoisotopic (exact) mass is 914 g/mol. The summed E-state index contributed by atoms with van der Waals surface area (Å²) in [4.78, 5) is 112. The minimum absolute atomic E-state index is 0.00457. The first kappa shape index (κ1) is 44.2. The number of aryl methyl sites for hydroxylation is 1. The summed E-state index contributed by atoms with van der Waals surface area (Å²) in [5, 5.41) is 6.12. The molecule has 67 heavy (non-hydrogen) atoms. The predicted octanol–water partition coefficient (Wildman–Crippen LogP) is 3.44. The summed E-state index contributed by atoms with van der Waals surface area (Å²) >= 11 is 0. The van der Waals surface area contributed by atoms with Crippen LogP contribution in [0.3, 0.4) is 0 Å². The summed E-state index contributed by atoms with van der Waals surface area (Å²) in [5.41, 5.74) is 2.93. The Morgan fingerprint density at radius 1 is 0.910 bits per heavy atom. The van der Waals surface area contributed by atoms with Crippen LogP contribution in [0.5, 0.6) is 5.75 Å². The molecular formula is C48H54N10O9. The molecule has 5 amide bonds. The first-order valence-corrected chi connectivity index (χ1v) is 23.4. The number of carbonyl (C=O) groups excluding carboxylic acids is 6. The number of aromatic nitrogens is 4. The molecule has 4 aromatic rings. The molecule has 0 bridgehead atoms. The van der Waals surface area contributed by atoms with Crippen molar-refractivity contribution in [1.82, 2.24) is 39.5 Å². The summed E-state index contributed by atoms with van der Waals surface area (Å²) in [6.07, 6.45) is 9.01. The maximum atomic E-state index is 13.6. The van der Waals surface area contributed by atoms with E-state index in [1.807, 2.05) is 23.2 Å². The summed E-state index contributed by atoms with van der Waals surface area (Å²) in [5.74, 6) is -0.958. The quantitative estimate of drug-likeness (QED) is 0.118. The molecule has 2 N–H and O–H groups in total. The average molecular weight is 915 g/mol. The fourth-order valence-corrected chi connectivity index (χ4v) is 10.8. The van der Waals surface area contributed by atoms with Crippen LogP contribution in [0.2, 0.25) is 0 Å². The van der Waals surface area contributed by atoms with Crippen LogP contribution in [-0.4, -0.2) is 141 Å². The van der Waals surface area contributed by atoms with E-state index in [1.165, 1.54) is 6.92 Å². The number of rotatable bonds is 12. The Morgan fingerprint density at radius 2 is 1.66 bits per heavy atom. The summed E-state index contributed by atoms with van der Waals surface area (Å²) in [6, 6.07) is 6.21. The van der Waals surface area contributed by atoms with Crippen molar-refractivity contribution in [1.29, 1.82) is 0 Å². The van der Waals surface area contributed by atoms with Crippen molar-refractivity contribution in [3.05, 3.63) is 74.8 Å². The van der Waals surface area contributed by atoms with Crippen molar-refractivity contribution < 1.29 is 38.2 Å². The van der Waals surface area contributed by atoms with Crippen molar-refractivity contribution in [2.24, 2.45) is 0 Å². The van der Waals surface area contributed by atoms with Crippen molar-refractivity contribution >= 4 is 63.8 Å². The van der Waals surface area contributed by atoms with Crippen molar-refractivity contribution in [2.45, 2.75) is 89.1 Å². The number of ketones is 1. The van der Waals surface area contributed by atoms with E-state index in [0.717, 1.165) is 74.6 Å². The molecule has 3 aromatic heterocycles. The van der Waals surface area contributed by atoms with Gasteiger partial charge in [0.15, 0.2) is 5.78 Å². The largest absolute Gasteiger partial charge is 0.492 e. The zero-order valence-corrected chi connectivity index (χ0v) is 37.8. The van der Waals surface area contributed by atoms with Crippen LogP contribution in [0, 0.1) is 6.92 Å². The van der Waals surface area contributed by atoms with E-state index in [2.05, 4.69) is 30.4 Å². The van der Waals surface area contributed by atoms with E-state index < -0.39 is 35.1 Å². The van der Waals surface area contributed by atoms with E-state index in [0.29, 0.717) is 79.9 Å². The van der Waals surface area contributed by atoms with Crippen LogP contribution < -0.4 is 25.8 Å². The normalized spacial score (nSPS) is 20.7. The van der Waals surface area contributed by atoms with Crippen LogP contribution in [0.15, 0.2) is 41.5 Å². The third-order valence-electron chi connectivity index (χ3n) is 14.7. The predicted molar refractivity (Wildman–Crippen MR) is 244 cm³/mol. The van der Waals surface area contributed by atoms with Gasteiger partial charge in [0.2, 0.25) is 23.7 Å². The van der Waals surface area contributed by atoms with Crippen LogP contribution in [-0.2, 0) is 24.5 Å². The Hall–Kier alpha value is -6.60. The van der Waals surface area contributed by atoms with Gasteiger partial charge in [-0.25, -0.2) is 9.97 Å². The number of nitrogens with zero attached hydrogens (tertiary/aromatic N) is 8. The van der Waals surface area contributed by atoms with E-state index >= 15 is 0 Å². The molecule has 4 fully saturated rings. The van der Waals surface area contributed by atoms with Crippen LogP contribution in [0.4, 0.5) is 17.5 Å². The number of benzene rings is 1. The van der Waals surface area contributed by atoms with Gasteiger partial charge in [0.25, 0.3) is 17.4 Å². The highest BCUT2D eigenvalue weighted by molar-refractivity contribution is 6.23. The van der Waals surface area contributed by atoms with Crippen molar-refractivity contribution in [3.63, 3.8) is 0 Å². The fraction of sp³-hybridized carbons (Fsp3) is 0.500. The number of carbonyl (C=O) groups is 6. The molecule has 6 aliphatic rings. The van der Waals surface area contributed by atoms with E-state index in [-0.39, 0.29) is 59.2 Å². The maximum absolute atomic E-state index is 13.6. The molecule has 8 heterocycles. The first-order valence-electron chi connectivity index (χ1n) is 23.4. The number of amides is 5. The molecule has 1 atom stereocenters. The van der Waals surface area contributed by atoms with Gasteiger partial charge < -0.3 is 24.6 Å². The fourth-order valence-electron chi connectivity index (χ4n) is 10.8. The van der Waals surface area contributed by atoms with E-state index in [1.54, 1.807) is 29.8 Å². The second-order valence-corrected chi connectivity index (χ2v) is 18.6. The number of likely N-dealkylation sites (tertiary alicyclic amines) is 1. The molecule has 19 nitrogen and oxygen atoms in total. The minimum atomic E-state index is -1.04. The lowest BCUT2D eigenvalue weighted by Crippen LogP contribution is -2.54. The van der Waals surface area contributed by atoms with Gasteiger partial charge in [-0.2, -0.15) is 4.98 Å². The molecule has 1 spiro atoms. The van der Waals surface area contributed by atoms with Crippen LogP contribution >= 0.6 is 0 Å². The second kappa shape index (κ2) is 17.9. The third-order valence-corrected chi connectivity index (χ3v) is 14.7. The van der Waals surface area contributed by atoms with E-state index in [4.69, 9.17) is 14.5 Å². The highest BCUT2D eigenvalue weighted by Crippen LogP contribution is 2.48. The summed E-state index contributed by atoms with van der Waals surface area (Å²) in [6.45, 7) is 9.63. The molecule has 19 heteroatoms. The number of hydrogen-bond acceptors (Lipinski definition) is 15. The van der Waals surface area contributed by atoms with Gasteiger partial charge in [-0.3, -0.25) is 53.2 Å². The molecule has 3 saturated heterocycles. The number of pyridine rings is 2. The van der Waals surface area contributed by atoms with Crippen LogP contribution in [0.1, 0.15) is 113 Å². The molecule has 1 saturated carbocycles. The molecule has 0 radical (unpaired) electrons. The number of piperidine rings is 2. The average Bonchev–Trinajstić information content (AvgIpc) is 4.03. The standard InChI is InChI=1S/C48H54N10O9/c1-28-34-26-50-47(53-42(34)57(30-5-3-4-6-30)46(65)41(28)29(2)59)51-38-9-7-31(25-49-38)55-18-16-54(17-19-55)20-22-66-21-11-40(61)56-14-12-48(13-15-56)27-67-37-24-33-32(23-35(37)48)44(63)58(45(33)64)36-8-10-39(60)52-43(36)62/h7,9,23-26,30,36H,3-6,8,10-22,27H2,1-2H3,(H,52,60,62)(H,49,50,51,53). The zero-order valence-electron chi connectivity index (χ0n) is 37.8. The number of fused-ring (bicyclic) bond motifs is 4. The number of hydrogen-bond donors (Lipinski definition) is 2. The molecule has 350 valence electrons. The van der Waals surface area contributed by atoms with Gasteiger partial charge >= 0.3 is 0 Å². The van der Waals surface area contributed by atoms with Gasteiger partial charge in [0, 0.05) is 80.8 Å². The molecule has 1 unspecified atom stereocenters. The zero-order chi connectivity index (χ0) is 46.6. The number of ether oxygens (including phenoxy) is 2. The van der Waals surface area contributed by atoms with Crippen LogP contribution in [0.25, 0.3) is 11.0 Å². The molecule has 10 rings (SSSR count). The highest BCUT2D eigenvalue weighted by atomic mass is 16.5. The van der Waals surface area contributed by atoms with Crippen molar-refractivity contribution in [3.8, 4) is 5.75 Å². The molecule has 1 aliphatic carbocycles. The number of imide groups is 2. The van der Waals surface area contributed by atoms with Gasteiger partial charge in [0.05, 0.1) is 54.8 Å². The number of nitrogens with one attached hydrogen (secondary N) is 2. The molecular weight excluding hydrogens is 861 g/mol. The topological polar surface area (TPSA) is 219 Å². The van der Waals surface area contributed by atoms with Gasteiger partial charge in [-0.15, -0.1) is 0 Å². The number of Topliss-reactive ketones (excluding diaryl/α,β-unsaturated/α-hetero) is 1. The Labute approximate surface area is 386 Å². The SMILES string of the molecule is CC(=O)c1c(C)c2cnc(Nc3ccc(N4CCN(CCOCCC(=O)N5CCC6(CC5)COc5cc7c(cc56)C(=O)N(C5CCC(=O)NC5=O)C7=O)CC4)cn3)nc2n(C2CCCC2)c1=O. The second-order valence-electron chi connectivity index (χ2n) is 18.6. The molecule has 1 aromatic carbocycles. The number of anilines is 3. The summed E-state index contributed by atoms with van der Waals surface area (Å²) in [7, 11) is 0. The Kier molecular flexibility index (Phi) is 11.8. The summed E-state index contributed by atoms with van der Waals surface area (Å²) < 4.78 is 13.7. The Balaban J connectivity index is 0.660. The lowest BCUT2D eigenvalue weighted by molar-refractivity contribution is -0.136. The first-order chi connectivity index (χ1) is 32.4. The minimum Gasteiger partial charge on any atom is -0.492 e. The molecule has 5 aliphatic heterocycles. The smallest absolute Gasteiger partial charge is 0.263 e. The number of piperazine rings is 1. The van der Waals surface area contributed by atoms with E-state index in [9.17, 15) is 33.6 Å². The third kappa shape index (κ3) is 8.21. The Bertz CT molecular complexity index is 2750. The van der Waals surface area contributed by atoms with Gasteiger partial charge in [0.1, 0.15) is 23.3 Å². The van der Waals surface area contributed by atoms with Gasteiger partial charge in [-0.05, 0) is 75.8 Å². The maximum Gasteiger partial charge on any atom is 0.263 e. The van der Waals surface area contributed by atoms with Gasteiger partial charge in [-0.1, -0.05) is 12.8 Å². The van der Waals surface area contributed by atoms with Crippen molar-refractivity contribution in [2.75, 3.05) is 75.9 Å². The Morgan fingerprint density at radius 3 is 2.36 bits per heavy atom. The lowest BCUT2D eigenvalue weighted by Gasteiger charge is -2.38. The highest BCUT2D eigenvalue weighted by Gasteiger charge is 2.49.